The van der Waals surface area contributed by atoms with Crippen molar-refractivity contribution in [2.24, 2.45) is 0 Å². The molecular weight excluding hydrogens is 228 g/mol. The lowest BCUT2D eigenvalue weighted by atomic mass is 10.2. The van der Waals surface area contributed by atoms with Gasteiger partial charge in [0, 0.05) is 33.3 Å². The molecule has 98 valence electrons. The zero-order valence-corrected chi connectivity index (χ0v) is 11.3. The smallest absolute Gasteiger partial charge is 0.281 e. The summed E-state index contributed by atoms with van der Waals surface area (Å²) < 4.78 is 26.7. The van der Waals surface area contributed by atoms with Gasteiger partial charge in [0.15, 0.2) is 0 Å². The summed E-state index contributed by atoms with van der Waals surface area (Å²) in [6.07, 6.45) is 2.38. The second-order valence-electron chi connectivity index (χ2n) is 3.70. The average molecular weight is 252 g/mol. The number of nitrogens with zero attached hydrogens (tertiary/aromatic N) is 2. The predicted molar refractivity (Wildman–Crippen MR) is 65.4 cm³/mol. The van der Waals surface area contributed by atoms with E-state index in [-0.39, 0.29) is 6.61 Å². The second kappa shape index (κ2) is 8.00. The number of unbranched alkanes of at least 4 members (excludes halogenated alkanes) is 2. The first-order valence-electron chi connectivity index (χ1n) is 5.82. The summed E-state index contributed by atoms with van der Waals surface area (Å²) in [5, 5.41) is 8.62. The third-order valence-electron chi connectivity index (χ3n) is 2.56. The molecule has 0 amide bonds. The number of aliphatic hydroxyl groups is 1. The van der Waals surface area contributed by atoms with Gasteiger partial charge in [-0.3, -0.25) is 0 Å². The Labute approximate surface area is 99.2 Å². The molecule has 0 bridgehead atoms. The summed E-state index contributed by atoms with van der Waals surface area (Å²) in [6, 6.07) is 0. The second-order valence-corrected chi connectivity index (χ2v) is 5.73. The highest BCUT2D eigenvalue weighted by Gasteiger charge is 2.23. The Hall–Kier alpha value is -0.170. The first kappa shape index (κ1) is 15.8. The molecule has 0 aromatic carbocycles. The molecule has 1 N–H and O–H groups in total. The third kappa shape index (κ3) is 4.78. The van der Waals surface area contributed by atoms with E-state index in [4.69, 9.17) is 5.11 Å². The van der Waals surface area contributed by atoms with E-state index in [0.29, 0.717) is 19.6 Å². The molecule has 0 aromatic heterocycles. The number of aliphatic hydroxyl groups excluding tert-OH is 1. The Morgan fingerprint density at radius 1 is 1.06 bits per heavy atom. The van der Waals surface area contributed by atoms with Gasteiger partial charge in [-0.2, -0.15) is 17.0 Å². The fourth-order valence-corrected chi connectivity index (χ4v) is 2.89. The van der Waals surface area contributed by atoms with Gasteiger partial charge < -0.3 is 5.11 Å². The van der Waals surface area contributed by atoms with Crippen LogP contribution >= 0.6 is 0 Å². The average Bonchev–Trinajstić information content (AvgIpc) is 2.25. The quantitative estimate of drug-likeness (QED) is 0.613. The monoisotopic (exact) mass is 252 g/mol. The van der Waals surface area contributed by atoms with Crippen molar-refractivity contribution < 1.29 is 13.5 Å². The van der Waals surface area contributed by atoms with E-state index in [2.05, 4.69) is 0 Å². The summed E-state index contributed by atoms with van der Waals surface area (Å²) in [6.45, 7) is 5.35. The fourth-order valence-electron chi connectivity index (χ4n) is 1.49. The Morgan fingerprint density at radius 3 is 2.06 bits per heavy atom. The zero-order chi connectivity index (χ0) is 12.6. The Balaban J connectivity index is 4.19. The summed E-state index contributed by atoms with van der Waals surface area (Å²) in [5.41, 5.74) is 0. The van der Waals surface area contributed by atoms with E-state index in [1.165, 1.54) is 8.61 Å². The van der Waals surface area contributed by atoms with Gasteiger partial charge >= 0.3 is 0 Å². The molecule has 0 fully saturated rings. The van der Waals surface area contributed by atoms with Crippen LogP contribution in [0.15, 0.2) is 0 Å². The molecule has 0 saturated carbocycles. The molecular formula is C10H24N2O3S. The lowest BCUT2D eigenvalue weighted by Crippen LogP contribution is -2.42. The molecule has 0 aliphatic heterocycles. The predicted octanol–water partition coefficient (Wildman–Crippen LogP) is 0.667. The molecule has 0 aromatic rings. The van der Waals surface area contributed by atoms with E-state index >= 15 is 0 Å². The van der Waals surface area contributed by atoms with Crippen LogP contribution in [0.5, 0.6) is 0 Å². The van der Waals surface area contributed by atoms with Crippen molar-refractivity contribution in [1.29, 1.82) is 0 Å². The SMILES string of the molecule is CCN(CC)S(=O)(=O)N(C)CCCCCO. The van der Waals surface area contributed by atoms with Gasteiger partial charge in [0.1, 0.15) is 0 Å². The zero-order valence-electron chi connectivity index (χ0n) is 10.5. The number of hydrogen-bond acceptors (Lipinski definition) is 3. The van der Waals surface area contributed by atoms with Gasteiger partial charge in [-0.15, -0.1) is 0 Å². The summed E-state index contributed by atoms with van der Waals surface area (Å²) >= 11 is 0. The topological polar surface area (TPSA) is 60.9 Å². The van der Waals surface area contributed by atoms with E-state index in [0.717, 1.165) is 19.3 Å². The molecule has 0 atom stereocenters. The molecule has 0 saturated heterocycles. The van der Waals surface area contributed by atoms with Crippen LogP contribution < -0.4 is 0 Å². The summed E-state index contributed by atoms with van der Waals surface area (Å²) in [4.78, 5) is 0. The van der Waals surface area contributed by atoms with Crippen LogP contribution in [0.2, 0.25) is 0 Å². The van der Waals surface area contributed by atoms with Crippen molar-refractivity contribution >= 4 is 10.2 Å². The Morgan fingerprint density at radius 2 is 1.62 bits per heavy atom. The van der Waals surface area contributed by atoms with Crippen molar-refractivity contribution in [2.45, 2.75) is 33.1 Å². The molecule has 5 nitrogen and oxygen atoms in total. The summed E-state index contributed by atoms with van der Waals surface area (Å²) in [7, 11) is -1.68. The minimum Gasteiger partial charge on any atom is -0.396 e. The van der Waals surface area contributed by atoms with E-state index in [1.807, 2.05) is 13.8 Å². The highest BCUT2D eigenvalue weighted by molar-refractivity contribution is 7.86. The maximum atomic E-state index is 12.0. The Bertz CT molecular complexity index is 263. The molecule has 6 heteroatoms. The molecule has 0 aliphatic carbocycles. The maximum Gasteiger partial charge on any atom is 0.281 e. The van der Waals surface area contributed by atoms with E-state index < -0.39 is 10.2 Å². The van der Waals surface area contributed by atoms with Crippen LogP contribution in [0.3, 0.4) is 0 Å². The van der Waals surface area contributed by atoms with Gasteiger partial charge in [0.05, 0.1) is 0 Å². The largest absolute Gasteiger partial charge is 0.396 e. The van der Waals surface area contributed by atoms with Crippen molar-refractivity contribution in [2.75, 3.05) is 33.3 Å². The standard InChI is InChI=1S/C10H24N2O3S/c1-4-12(5-2)16(14,15)11(3)9-7-6-8-10-13/h13H,4-10H2,1-3H3. The molecule has 0 rings (SSSR count). The molecule has 16 heavy (non-hydrogen) atoms. The van der Waals surface area contributed by atoms with Gasteiger partial charge in [-0.05, 0) is 19.3 Å². The van der Waals surface area contributed by atoms with E-state index in [1.54, 1.807) is 7.05 Å². The minimum absolute atomic E-state index is 0.173. The Kier molecular flexibility index (Phi) is 7.91. The van der Waals surface area contributed by atoms with Crippen molar-refractivity contribution in [3.05, 3.63) is 0 Å². The lowest BCUT2D eigenvalue weighted by Gasteiger charge is -2.25. The minimum atomic E-state index is -3.28. The van der Waals surface area contributed by atoms with Gasteiger partial charge in [-0.25, -0.2) is 0 Å². The first-order valence-corrected chi connectivity index (χ1v) is 7.22. The van der Waals surface area contributed by atoms with Gasteiger partial charge in [-0.1, -0.05) is 13.8 Å². The molecule has 0 heterocycles. The number of hydrogen-bond donors (Lipinski definition) is 1. The third-order valence-corrected chi connectivity index (χ3v) is 4.70. The summed E-state index contributed by atoms with van der Waals surface area (Å²) in [5.74, 6) is 0. The highest BCUT2D eigenvalue weighted by Crippen LogP contribution is 2.07. The van der Waals surface area contributed by atoms with Crippen molar-refractivity contribution in [3.63, 3.8) is 0 Å². The van der Waals surface area contributed by atoms with Gasteiger partial charge in [0.25, 0.3) is 10.2 Å². The first-order chi connectivity index (χ1) is 7.50. The highest BCUT2D eigenvalue weighted by atomic mass is 32.2. The maximum absolute atomic E-state index is 12.0. The van der Waals surface area contributed by atoms with Crippen molar-refractivity contribution in [1.82, 2.24) is 8.61 Å². The molecule has 0 aliphatic rings. The molecule has 0 unspecified atom stereocenters. The van der Waals surface area contributed by atoms with E-state index in [9.17, 15) is 8.42 Å². The van der Waals surface area contributed by atoms with Crippen LogP contribution in [-0.2, 0) is 10.2 Å². The van der Waals surface area contributed by atoms with Gasteiger partial charge in [0.2, 0.25) is 0 Å². The lowest BCUT2D eigenvalue weighted by molar-refractivity contribution is 0.280. The number of rotatable bonds is 9. The molecule has 0 spiro atoms. The van der Waals surface area contributed by atoms with Crippen LogP contribution in [0.25, 0.3) is 0 Å². The van der Waals surface area contributed by atoms with Crippen LogP contribution in [0.4, 0.5) is 0 Å². The normalized spacial score (nSPS) is 12.6. The fraction of sp³-hybridized carbons (Fsp3) is 1.00. The van der Waals surface area contributed by atoms with Crippen LogP contribution in [-0.4, -0.2) is 55.4 Å². The van der Waals surface area contributed by atoms with Crippen LogP contribution in [0.1, 0.15) is 33.1 Å². The molecule has 0 radical (unpaired) electrons. The van der Waals surface area contributed by atoms with Crippen LogP contribution in [0, 0.1) is 0 Å². The van der Waals surface area contributed by atoms with Crippen molar-refractivity contribution in [3.8, 4) is 0 Å².